The predicted molar refractivity (Wildman–Crippen MR) is 105 cm³/mol. The van der Waals surface area contributed by atoms with E-state index in [0.717, 1.165) is 18.9 Å². The van der Waals surface area contributed by atoms with Crippen LogP contribution in [0.25, 0.3) is 0 Å². The first-order valence-corrected chi connectivity index (χ1v) is 11.4. The summed E-state index contributed by atoms with van der Waals surface area (Å²) < 4.78 is 5.78. The summed E-state index contributed by atoms with van der Waals surface area (Å²) in [6, 6.07) is -0.963. The van der Waals surface area contributed by atoms with Crippen molar-refractivity contribution in [1.82, 2.24) is 10.6 Å². The van der Waals surface area contributed by atoms with Crippen molar-refractivity contribution in [2.45, 2.75) is 79.9 Å². The summed E-state index contributed by atoms with van der Waals surface area (Å²) in [5, 5.41) is 36.2. The molecule has 0 radical (unpaired) electrons. The Labute approximate surface area is 169 Å². The molecule has 3 fully saturated rings. The summed E-state index contributed by atoms with van der Waals surface area (Å²) in [5.74, 6) is 1.19. The molecule has 0 bridgehead atoms. The van der Waals surface area contributed by atoms with Crippen LogP contribution < -0.4 is 10.6 Å². The number of thioether (sulfide) groups is 1. The summed E-state index contributed by atoms with van der Waals surface area (Å²) in [5.41, 5.74) is -0.698. The molecule has 5 N–H and O–H groups in total. The van der Waals surface area contributed by atoms with E-state index in [0.29, 0.717) is 5.92 Å². The molecule has 9 heteroatoms. The van der Waals surface area contributed by atoms with Gasteiger partial charge in [-0.1, -0.05) is 12.8 Å². The summed E-state index contributed by atoms with van der Waals surface area (Å²) in [4.78, 5) is 12.8. The van der Waals surface area contributed by atoms with Gasteiger partial charge in [-0.15, -0.1) is 23.4 Å². The van der Waals surface area contributed by atoms with Gasteiger partial charge in [0.2, 0.25) is 5.91 Å². The highest BCUT2D eigenvalue weighted by atomic mass is 35.5. The molecule has 0 aromatic carbocycles. The van der Waals surface area contributed by atoms with Crippen molar-refractivity contribution in [1.29, 1.82) is 0 Å². The highest BCUT2D eigenvalue weighted by molar-refractivity contribution is 7.99. The van der Waals surface area contributed by atoms with Crippen LogP contribution in [-0.2, 0) is 9.53 Å². The van der Waals surface area contributed by atoms with Gasteiger partial charge >= 0.3 is 0 Å². The van der Waals surface area contributed by atoms with Crippen molar-refractivity contribution in [2.75, 3.05) is 12.8 Å². The number of carbonyl (C=O) groups is 1. The summed E-state index contributed by atoms with van der Waals surface area (Å²) in [6.45, 7) is 2.56. The van der Waals surface area contributed by atoms with E-state index < -0.39 is 41.3 Å². The minimum Gasteiger partial charge on any atom is -0.388 e. The van der Waals surface area contributed by atoms with E-state index in [1.807, 2.05) is 0 Å². The Kier molecular flexibility index (Phi) is 7.33. The normalized spacial score (nSPS) is 41.9. The standard InChI is InChI=1S/C18H31ClN2O5S/c1-8(19)12(16-14(23)13(22)15(24)18(26-16)27-2)21-17(25)11-6-10(7-20-11)5-9-3-4-9/h8-16,18,20,22-24H,3-7H2,1-2H3,(H,21,25). The first-order chi connectivity index (χ1) is 12.8. The summed E-state index contributed by atoms with van der Waals surface area (Å²) >= 11 is 7.53. The molecule has 0 aromatic heterocycles. The lowest BCUT2D eigenvalue weighted by Crippen LogP contribution is -2.65. The molecule has 1 saturated carbocycles. The first-order valence-electron chi connectivity index (χ1n) is 9.72. The monoisotopic (exact) mass is 422 g/mol. The minimum absolute atomic E-state index is 0.164. The molecule has 7 nitrogen and oxygen atoms in total. The van der Waals surface area contributed by atoms with Crippen LogP contribution >= 0.6 is 23.4 Å². The Morgan fingerprint density at radius 2 is 1.96 bits per heavy atom. The summed E-state index contributed by atoms with van der Waals surface area (Å²) in [7, 11) is 0. The molecule has 9 unspecified atom stereocenters. The van der Waals surface area contributed by atoms with Crippen molar-refractivity contribution in [2.24, 2.45) is 11.8 Å². The van der Waals surface area contributed by atoms with E-state index in [1.165, 1.54) is 31.0 Å². The van der Waals surface area contributed by atoms with Crippen LogP contribution in [0.2, 0.25) is 0 Å². The van der Waals surface area contributed by atoms with Gasteiger partial charge in [-0.3, -0.25) is 4.79 Å². The van der Waals surface area contributed by atoms with Gasteiger partial charge in [0.15, 0.2) is 0 Å². The van der Waals surface area contributed by atoms with E-state index in [1.54, 1.807) is 13.2 Å². The molecule has 9 atom stereocenters. The highest BCUT2D eigenvalue weighted by Gasteiger charge is 2.48. The van der Waals surface area contributed by atoms with E-state index >= 15 is 0 Å². The van der Waals surface area contributed by atoms with Crippen LogP contribution in [0.3, 0.4) is 0 Å². The number of nitrogens with one attached hydrogen (secondary N) is 2. The van der Waals surface area contributed by atoms with E-state index in [4.69, 9.17) is 16.3 Å². The molecule has 2 aliphatic heterocycles. The number of aliphatic hydroxyl groups is 3. The fourth-order valence-electron chi connectivity index (χ4n) is 4.10. The zero-order chi connectivity index (χ0) is 19.7. The number of halogens is 1. The zero-order valence-corrected chi connectivity index (χ0v) is 17.3. The second-order valence-corrected chi connectivity index (χ2v) is 9.75. The molecule has 3 rings (SSSR count). The van der Waals surface area contributed by atoms with Gasteiger partial charge in [0.25, 0.3) is 0 Å². The number of alkyl halides is 1. The molecule has 2 saturated heterocycles. The maximum atomic E-state index is 12.8. The van der Waals surface area contributed by atoms with E-state index in [-0.39, 0.29) is 11.9 Å². The van der Waals surface area contributed by atoms with Gasteiger partial charge in [-0.2, -0.15) is 0 Å². The highest BCUT2D eigenvalue weighted by Crippen LogP contribution is 2.37. The smallest absolute Gasteiger partial charge is 0.237 e. The Bertz CT molecular complexity index is 522. The van der Waals surface area contributed by atoms with Gasteiger partial charge < -0.3 is 30.7 Å². The summed E-state index contributed by atoms with van der Waals surface area (Å²) in [6.07, 6.45) is 1.54. The van der Waals surface area contributed by atoms with Crippen LogP contribution in [-0.4, -0.2) is 81.3 Å². The Hall–Kier alpha value is -0.0900. The molecule has 156 valence electrons. The van der Waals surface area contributed by atoms with E-state index in [2.05, 4.69) is 10.6 Å². The molecule has 27 heavy (non-hydrogen) atoms. The van der Waals surface area contributed by atoms with Gasteiger partial charge in [-0.25, -0.2) is 0 Å². The Morgan fingerprint density at radius 3 is 2.56 bits per heavy atom. The number of rotatable bonds is 7. The third-order valence-corrected chi connectivity index (χ3v) is 7.02. The molecular weight excluding hydrogens is 392 g/mol. The molecule has 0 spiro atoms. The average molecular weight is 423 g/mol. The largest absolute Gasteiger partial charge is 0.388 e. The molecule has 0 aromatic rings. The fourth-order valence-corrected chi connectivity index (χ4v) is 4.99. The van der Waals surface area contributed by atoms with Crippen molar-refractivity contribution in [3.63, 3.8) is 0 Å². The lowest BCUT2D eigenvalue weighted by molar-refractivity contribution is -0.205. The number of ether oxygens (including phenoxy) is 1. The number of carbonyl (C=O) groups excluding carboxylic acids is 1. The van der Waals surface area contributed by atoms with Gasteiger partial charge in [0, 0.05) is 0 Å². The quantitative estimate of drug-likeness (QED) is 0.368. The van der Waals surface area contributed by atoms with Gasteiger partial charge in [0.05, 0.1) is 17.5 Å². The lowest BCUT2D eigenvalue weighted by Gasteiger charge is -2.44. The van der Waals surface area contributed by atoms with Crippen LogP contribution in [0.4, 0.5) is 0 Å². The maximum absolute atomic E-state index is 12.8. The van der Waals surface area contributed by atoms with Crippen LogP contribution in [0.5, 0.6) is 0 Å². The van der Waals surface area contributed by atoms with Crippen molar-refractivity contribution < 1.29 is 24.9 Å². The third-order valence-electron chi connectivity index (χ3n) is 5.90. The predicted octanol–water partition coefficient (Wildman–Crippen LogP) is 0.0473. The minimum atomic E-state index is -1.36. The molecule has 1 amide bonds. The first kappa shape index (κ1) is 21.6. The SMILES string of the molecule is CSC1OC(C(NC(=O)C2CC(CC3CC3)CN2)C(C)Cl)C(O)C(O)C1O. The van der Waals surface area contributed by atoms with Crippen molar-refractivity contribution >= 4 is 29.3 Å². The topological polar surface area (TPSA) is 111 Å². The average Bonchev–Trinajstić information content (AvgIpc) is 3.32. The molecule has 2 heterocycles. The van der Waals surface area contributed by atoms with Gasteiger partial charge in [0.1, 0.15) is 29.9 Å². The fraction of sp³-hybridized carbons (Fsp3) is 0.944. The molecule has 3 aliphatic rings. The van der Waals surface area contributed by atoms with Crippen LogP contribution in [0.1, 0.15) is 32.6 Å². The number of amides is 1. The molecule has 1 aliphatic carbocycles. The van der Waals surface area contributed by atoms with Crippen molar-refractivity contribution in [3.05, 3.63) is 0 Å². The lowest BCUT2D eigenvalue weighted by atomic mass is 9.92. The second kappa shape index (κ2) is 9.15. The number of hydrogen-bond donors (Lipinski definition) is 5. The zero-order valence-electron chi connectivity index (χ0n) is 15.8. The van der Waals surface area contributed by atoms with E-state index in [9.17, 15) is 20.1 Å². The third kappa shape index (κ3) is 5.10. The van der Waals surface area contributed by atoms with Crippen molar-refractivity contribution in [3.8, 4) is 0 Å². The van der Waals surface area contributed by atoms with Gasteiger partial charge in [-0.05, 0) is 44.4 Å². The molecular formula is C18H31ClN2O5S. The Morgan fingerprint density at radius 1 is 1.26 bits per heavy atom. The van der Waals surface area contributed by atoms with Crippen LogP contribution in [0, 0.1) is 11.8 Å². The number of aliphatic hydroxyl groups excluding tert-OH is 3. The maximum Gasteiger partial charge on any atom is 0.237 e. The Balaban J connectivity index is 1.62. The number of hydrogen-bond acceptors (Lipinski definition) is 7. The van der Waals surface area contributed by atoms with Crippen LogP contribution in [0.15, 0.2) is 0 Å². The second-order valence-electron chi connectivity index (χ2n) is 8.13.